The fourth-order valence-corrected chi connectivity index (χ4v) is 4.20. The SMILES string of the molecule is COc1ccccc1NC(=O)c1cccc2c1C(=O)N(C1CCCCC1)C2. The number of carbonyl (C=O) groups is 2. The van der Waals surface area contributed by atoms with E-state index in [4.69, 9.17) is 4.74 Å². The number of fused-ring (bicyclic) bond motifs is 1. The molecule has 2 amide bonds. The van der Waals surface area contributed by atoms with Crippen LogP contribution >= 0.6 is 0 Å². The second-order valence-electron chi connectivity index (χ2n) is 7.22. The van der Waals surface area contributed by atoms with Crippen molar-refractivity contribution in [2.45, 2.75) is 44.7 Å². The Balaban J connectivity index is 1.60. The lowest BCUT2D eigenvalue weighted by molar-refractivity contribution is 0.0657. The van der Waals surface area contributed by atoms with Crippen molar-refractivity contribution in [1.29, 1.82) is 0 Å². The average molecular weight is 364 g/mol. The third kappa shape index (κ3) is 3.29. The predicted octanol–water partition coefficient (Wildman–Crippen LogP) is 4.24. The Morgan fingerprint density at radius 1 is 1.07 bits per heavy atom. The zero-order valence-electron chi connectivity index (χ0n) is 15.5. The molecule has 1 N–H and O–H groups in total. The number of nitrogens with zero attached hydrogens (tertiary/aromatic N) is 1. The number of anilines is 1. The van der Waals surface area contributed by atoms with Crippen LogP contribution in [-0.2, 0) is 6.54 Å². The molecule has 140 valence electrons. The molecule has 0 unspecified atom stereocenters. The summed E-state index contributed by atoms with van der Waals surface area (Å²) in [6.45, 7) is 0.606. The number of para-hydroxylation sites is 2. The van der Waals surface area contributed by atoms with Gasteiger partial charge in [-0.15, -0.1) is 0 Å². The van der Waals surface area contributed by atoms with Crippen LogP contribution in [0.2, 0.25) is 0 Å². The number of methoxy groups -OCH3 is 1. The molecule has 0 radical (unpaired) electrons. The highest BCUT2D eigenvalue weighted by Gasteiger charge is 2.36. The molecule has 1 saturated carbocycles. The topological polar surface area (TPSA) is 58.6 Å². The molecule has 2 aromatic rings. The molecule has 1 fully saturated rings. The molecule has 5 nitrogen and oxygen atoms in total. The Kier molecular flexibility index (Phi) is 4.84. The van der Waals surface area contributed by atoms with Crippen molar-refractivity contribution in [3.63, 3.8) is 0 Å². The standard InChI is InChI=1S/C22H24N2O3/c1-27-19-13-6-5-12-18(19)23-21(25)17-11-7-8-15-14-24(22(26)20(15)17)16-9-3-2-4-10-16/h5-8,11-13,16H,2-4,9-10,14H2,1H3,(H,23,25). The second kappa shape index (κ2) is 7.43. The number of carbonyl (C=O) groups excluding carboxylic acids is 2. The van der Waals surface area contributed by atoms with Crippen LogP contribution < -0.4 is 10.1 Å². The van der Waals surface area contributed by atoms with Gasteiger partial charge in [0.15, 0.2) is 0 Å². The van der Waals surface area contributed by atoms with Gasteiger partial charge in [-0.1, -0.05) is 43.5 Å². The number of nitrogens with one attached hydrogen (secondary N) is 1. The van der Waals surface area contributed by atoms with E-state index in [1.54, 1.807) is 25.3 Å². The van der Waals surface area contributed by atoms with E-state index in [0.29, 0.717) is 35.2 Å². The minimum Gasteiger partial charge on any atom is -0.495 e. The Morgan fingerprint density at radius 2 is 1.85 bits per heavy atom. The van der Waals surface area contributed by atoms with Crippen LogP contribution in [-0.4, -0.2) is 29.9 Å². The van der Waals surface area contributed by atoms with Gasteiger partial charge in [0.1, 0.15) is 5.75 Å². The summed E-state index contributed by atoms with van der Waals surface area (Å²) >= 11 is 0. The van der Waals surface area contributed by atoms with E-state index in [0.717, 1.165) is 18.4 Å². The van der Waals surface area contributed by atoms with E-state index in [2.05, 4.69) is 5.32 Å². The Hall–Kier alpha value is -2.82. The van der Waals surface area contributed by atoms with Crippen molar-refractivity contribution >= 4 is 17.5 Å². The van der Waals surface area contributed by atoms with Gasteiger partial charge in [-0.2, -0.15) is 0 Å². The molecule has 1 aliphatic carbocycles. The molecule has 27 heavy (non-hydrogen) atoms. The number of rotatable bonds is 4. The normalized spacial score (nSPS) is 16.9. The van der Waals surface area contributed by atoms with Crippen LogP contribution in [0.1, 0.15) is 58.4 Å². The van der Waals surface area contributed by atoms with Gasteiger partial charge in [-0.25, -0.2) is 0 Å². The molecule has 0 aromatic heterocycles. The monoisotopic (exact) mass is 364 g/mol. The molecule has 2 aromatic carbocycles. The maximum atomic E-state index is 13.1. The molecule has 0 spiro atoms. The Bertz CT molecular complexity index is 872. The zero-order chi connectivity index (χ0) is 18.8. The molecule has 0 bridgehead atoms. The first-order valence-electron chi connectivity index (χ1n) is 9.56. The predicted molar refractivity (Wildman–Crippen MR) is 104 cm³/mol. The zero-order valence-corrected chi connectivity index (χ0v) is 15.5. The Labute approximate surface area is 159 Å². The molecular formula is C22H24N2O3. The highest BCUT2D eigenvalue weighted by molar-refractivity contribution is 6.14. The van der Waals surface area contributed by atoms with Gasteiger partial charge in [0.05, 0.1) is 23.9 Å². The summed E-state index contributed by atoms with van der Waals surface area (Å²) in [7, 11) is 1.57. The summed E-state index contributed by atoms with van der Waals surface area (Å²) in [5.74, 6) is 0.298. The van der Waals surface area contributed by atoms with Crippen LogP contribution in [0.5, 0.6) is 5.75 Å². The number of ether oxygens (including phenoxy) is 1. The van der Waals surface area contributed by atoms with Gasteiger partial charge < -0.3 is 15.0 Å². The minimum atomic E-state index is -0.282. The fraction of sp³-hybridized carbons (Fsp3) is 0.364. The molecular weight excluding hydrogens is 340 g/mol. The first-order chi connectivity index (χ1) is 13.2. The molecule has 1 aliphatic heterocycles. The quantitative estimate of drug-likeness (QED) is 0.883. The van der Waals surface area contributed by atoms with Crippen molar-refractivity contribution in [3.8, 4) is 5.75 Å². The summed E-state index contributed by atoms with van der Waals surface area (Å²) in [6, 6.07) is 13.1. The van der Waals surface area contributed by atoms with Gasteiger partial charge >= 0.3 is 0 Å². The van der Waals surface area contributed by atoms with E-state index in [-0.39, 0.29) is 11.8 Å². The van der Waals surface area contributed by atoms with Crippen LogP contribution in [0.15, 0.2) is 42.5 Å². The summed E-state index contributed by atoms with van der Waals surface area (Å²) in [5.41, 5.74) is 2.52. The molecule has 4 rings (SSSR count). The van der Waals surface area contributed by atoms with Gasteiger partial charge in [0.25, 0.3) is 11.8 Å². The van der Waals surface area contributed by atoms with Crippen LogP contribution in [0, 0.1) is 0 Å². The smallest absolute Gasteiger partial charge is 0.256 e. The highest BCUT2D eigenvalue weighted by atomic mass is 16.5. The lowest BCUT2D eigenvalue weighted by atomic mass is 9.94. The van der Waals surface area contributed by atoms with Gasteiger partial charge in [0, 0.05) is 12.6 Å². The van der Waals surface area contributed by atoms with Crippen molar-refractivity contribution in [2.75, 3.05) is 12.4 Å². The summed E-state index contributed by atoms with van der Waals surface area (Å²) in [6.07, 6.45) is 5.71. The second-order valence-corrected chi connectivity index (χ2v) is 7.22. The van der Waals surface area contributed by atoms with E-state index < -0.39 is 0 Å². The highest BCUT2D eigenvalue weighted by Crippen LogP contribution is 2.33. The summed E-state index contributed by atoms with van der Waals surface area (Å²) in [4.78, 5) is 28.0. The van der Waals surface area contributed by atoms with Crippen LogP contribution in [0.3, 0.4) is 0 Å². The maximum absolute atomic E-state index is 13.1. The largest absolute Gasteiger partial charge is 0.495 e. The van der Waals surface area contributed by atoms with Crippen molar-refractivity contribution in [1.82, 2.24) is 4.90 Å². The van der Waals surface area contributed by atoms with Crippen molar-refractivity contribution in [3.05, 3.63) is 59.2 Å². The van der Waals surface area contributed by atoms with E-state index in [9.17, 15) is 9.59 Å². The third-order valence-electron chi connectivity index (χ3n) is 5.58. The average Bonchev–Trinajstić information content (AvgIpc) is 3.06. The molecule has 2 aliphatic rings. The van der Waals surface area contributed by atoms with Crippen LogP contribution in [0.25, 0.3) is 0 Å². The van der Waals surface area contributed by atoms with Gasteiger partial charge in [-0.05, 0) is 36.6 Å². The van der Waals surface area contributed by atoms with E-state index >= 15 is 0 Å². The van der Waals surface area contributed by atoms with E-state index in [1.165, 1.54) is 19.3 Å². The molecule has 0 saturated heterocycles. The molecule has 0 atom stereocenters. The summed E-state index contributed by atoms with van der Waals surface area (Å²) in [5, 5.41) is 2.89. The number of hydrogen-bond acceptors (Lipinski definition) is 3. The van der Waals surface area contributed by atoms with Crippen molar-refractivity contribution < 1.29 is 14.3 Å². The molecule has 1 heterocycles. The van der Waals surface area contributed by atoms with Crippen molar-refractivity contribution in [2.24, 2.45) is 0 Å². The van der Waals surface area contributed by atoms with E-state index in [1.807, 2.05) is 29.2 Å². The lowest BCUT2D eigenvalue weighted by Gasteiger charge is -2.30. The fourth-order valence-electron chi connectivity index (χ4n) is 4.20. The maximum Gasteiger partial charge on any atom is 0.256 e. The number of amides is 2. The first kappa shape index (κ1) is 17.6. The number of hydrogen-bond donors (Lipinski definition) is 1. The first-order valence-corrected chi connectivity index (χ1v) is 9.56. The van der Waals surface area contributed by atoms with Crippen LogP contribution in [0.4, 0.5) is 5.69 Å². The summed E-state index contributed by atoms with van der Waals surface area (Å²) < 4.78 is 5.30. The Morgan fingerprint density at radius 3 is 2.63 bits per heavy atom. The lowest BCUT2D eigenvalue weighted by Crippen LogP contribution is -2.37. The third-order valence-corrected chi connectivity index (χ3v) is 5.58. The molecule has 5 heteroatoms. The minimum absolute atomic E-state index is 0.0114. The van der Waals surface area contributed by atoms with Gasteiger partial charge in [-0.3, -0.25) is 9.59 Å². The van der Waals surface area contributed by atoms with Gasteiger partial charge in [0.2, 0.25) is 0 Å². The number of benzene rings is 2.